The van der Waals surface area contributed by atoms with Crippen LogP contribution < -0.4 is 19.7 Å². The van der Waals surface area contributed by atoms with Crippen LogP contribution in [-0.2, 0) is 4.74 Å². The highest BCUT2D eigenvalue weighted by Crippen LogP contribution is 2.32. The maximum Gasteiger partial charge on any atom is 0.273 e. The van der Waals surface area contributed by atoms with Crippen LogP contribution in [0.25, 0.3) is 11.3 Å². The fourth-order valence-corrected chi connectivity index (χ4v) is 3.36. The first-order valence-electron chi connectivity index (χ1n) is 9.70. The van der Waals surface area contributed by atoms with Crippen molar-refractivity contribution < 1.29 is 19.0 Å². The molecule has 0 bridgehead atoms. The van der Waals surface area contributed by atoms with E-state index in [2.05, 4.69) is 20.4 Å². The first-order valence-corrected chi connectivity index (χ1v) is 9.70. The molecule has 0 spiro atoms. The van der Waals surface area contributed by atoms with Crippen molar-refractivity contribution in [2.45, 2.75) is 0 Å². The Morgan fingerprint density at radius 2 is 1.83 bits per heavy atom. The molecule has 3 aromatic rings. The number of benzene rings is 2. The Morgan fingerprint density at radius 3 is 2.53 bits per heavy atom. The average molecular weight is 408 g/mol. The van der Waals surface area contributed by atoms with Crippen LogP contribution in [0, 0.1) is 0 Å². The van der Waals surface area contributed by atoms with Crippen LogP contribution in [0.3, 0.4) is 0 Å². The summed E-state index contributed by atoms with van der Waals surface area (Å²) >= 11 is 0. The molecule has 0 atom stereocenters. The van der Waals surface area contributed by atoms with Gasteiger partial charge in [0.05, 0.1) is 33.1 Å². The first-order chi connectivity index (χ1) is 14.7. The summed E-state index contributed by atoms with van der Waals surface area (Å²) in [5, 5.41) is 9.96. The molecule has 30 heavy (non-hydrogen) atoms. The van der Waals surface area contributed by atoms with Crippen LogP contribution in [0.15, 0.2) is 48.5 Å². The summed E-state index contributed by atoms with van der Waals surface area (Å²) in [6.45, 7) is 3.22. The summed E-state index contributed by atoms with van der Waals surface area (Å²) in [5.74, 6) is 1.04. The summed E-state index contributed by atoms with van der Waals surface area (Å²) in [4.78, 5) is 14.9. The second-order valence-electron chi connectivity index (χ2n) is 6.83. The third kappa shape index (κ3) is 4.23. The van der Waals surface area contributed by atoms with Gasteiger partial charge in [-0.2, -0.15) is 5.10 Å². The van der Waals surface area contributed by atoms with Gasteiger partial charge in [-0.3, -0.25) is 9.89 Å². The first kappa shape index (κ1) is 19.8. The van der Waals surface area contributed by atoms with Crippen molar-refractivity contribution in [1.82, 2.24) is 10.2 Å². The van der Waals surface area contributed by atoms with E-state index in [1.807, 2.05) is 36.4 Å². The summed E-state index contributed by atoms with van der Waals surface area (Å²) in [6, 6.07) is 14.9. The predicted octanol–water partition coefficient (Wildman–Crippen LogP) is 3.18. The van der Waals surface area contributed by atoms with Crippen LogP contribution in [-0.4, -0.2) is 56.6 Å². The van der Waals surface area contributed by atoms with Gasteiger partial charge in [-0.25, -0.2) is 0 Å². The van der Waals surface area contributed by atoms with Crippen LogP contribution in [0.1, 0.15) is 10.5 Å². The zero-order valence-corrected chi connectivity index (χ0v) is 17.0. The number of nitrogens with zero attached hydrogens (tertiary/aromatic N) is 2. The highest BCUT2D eigenvalue weighted by molar-refractivity contribution is 6.03. The van der Waals surface area contributed by atoms with Gasteiger partial charge in [-0.15, -0.1) is 0 Å². The molecular weight excluding hydrogens is 384 g/mol. The maximum absolute atomic E-state index is 12.6. The van der Waals surface area contributed by atoms with Crippen molar-refractivity contribution >= 4 is 17.3 Å². The van der Waals surface area contributed by atoms with Crippen LogP contribution in [0.4, 0.5) is 11.4 Å². The standard InChI is InChI=1S/C22H24N4O4/c1-28-17-7-8-18(21(13-17)29-2)19-14-20(25-24-19)22(27)23-15-3-5-16(6-4-15)26-9-11-30-12-10-26/h3-8,13-14H,9-12H2,1-2H3,(H,23,27)(H,24,25). The average Bonchev–Trinajstić information content (AvgIpc) is 3.30. The van der Waals surface area contributed by atoms with E-state index < -0.39 is 0 Å². The highest BCUT2D eigenvalue weighted by atomic mass is 16.5. The number of aromatic nitrogens is 2. The molecule has 1 aliphatic heterocycles. The Hall–Kier alpha value is -3.52. The normalized spacial score (nSPS) is 13.7. The number of hydrogen-bond donors (Lipinski definition) is 2. The summed E-state index contributed by atoms with van der Waals surface area (Å²) < 4.78 is 16.0. The fourth-order valence-electron chi connectivity index (χ4n) is 3.36. The third-order valence-electron chi connectivity index (χ3n) is 5.01. The molecule has 0 aliphatic carbocycles. The van der Waals surface area contributed by atoms with E-state index in [4.69, 9.17) is 14.2 Å². The van der Waals surface area contributed by atoms with Gasteiger partial charge in [0.15, 0.2) is 0 Å². The van der Waals surface area contributed by atoms with Crippen molar-refractivity contribution in [3.05, 3.63) is 54.2 Å². The second kappa shape index (κ2) is 8.87. The van der Waals surface area contributed by atoms with Crippen molar-refractivity contribution in [2.75, 3.05) is 50.7 Å². The molecule has 2 aromatic carbocycles. The Bertz CT molecular complexity index is 1010. The lowest BCUT2D eigenvalue weighted by Crippen LogP contribution is -2.36. The molecule has 156 valence electrons. The number of carbonyl (C=O) groups is 1. The predicted molar refractivity (Wildman–Crippen MR) is 115 cm³/mol. The van der Waals surface area contributed by atoms with Gasteiger partial charge in [0.2, 0.25) is 0 Å². The number of morpholine rings is 1. The fraction of sp³-hybridized carbons (Fsp3) is 0.273. The van der Waals surface area contributed by atoms with E-state index in [1.54, 1.807) is 26.4 Å². The summed E-state index contributed by atoms with van der Waals surface area (Å²) in [7, 11) is 3.18. The Balaban J connectivity index is 1.45. The van der Waals surface area contributed by atoms with Crippen LogP contribution in [0.2, 0.25) is 0 Å². The monoisotopic (exact) mass is 408 g/mol. The van der Waals surface area contributed by atoms with Gasteiger partial charge in [0.25, 0.3) is 5.91 Å². The molecule has 4 rings (SSSR count). The third-order valence-corrected chi connectivity index (χ3v) is 5.01. The van der Waals surface area contributed by atoms with E-state index in [-0.39, 0.29) is 5.91 Å². The topological polar surface area (TPSA) is 88.7 Å². The van der Waals surface area contributed by atoms with E-state index in [9.17, 15) is 4.79 Å². The molecule has 1 amide bonds. The van der Waals surface area contributed by atoms with Crippen molar-refractivity contribution in [2.24, 2.45) is 0 Å². The second-order valence-corrected chi connectivity index (χ2v) is 6.83. The number of carbonyl (C=O) groups excluding carboxylic acids is 1. The smallest absolute Gasteiger partial charge is 0.273 e. The molecule has 0 radical (unpaired) electrons. The molecular formula is C22H24N4O4. The molecule has 1 aliphatic rings. The number of aromatic amines is 1. The van der Waals surface area contributed by atoms with Crippen molar-refractivity contribution in [3.8, 4) is 22.8 Å². The Labute approximate surface area is 174 Å². The number of amides is 1. The number of ether oxygens (including phenoxy) is 3. The minimum absolute atomic E-state index is 0.264. The largest absolute Gasteiger partial charge is 0.497 e. The van der Waals surface area contributed by atoms with Crippen molar-refractivity contribution in [3.63, 3.8) is 0 Å². The Kier molecular flexibility index (Phi) is 5.85. The van der Waals surface area contributed by atoms with Gasteiger partial charge in [0, 0.05) is 36.1 Å². The van der Waals surface area contributed by atoms with E-state index in [0.29, 0.717) is 22.9 Å². The molecule has 8 heteroatoms. The molecule has 8 nitrogen and oxygen atoms in total. The number of H-pyrrole nitrogens is 1. The van der Waals surface area contributed by atoms with E-state index >= 15 is 0 Å². The number of methoxy groups -OCH3 is 2. The van der Waals surface area contributed by atoms with Gasteiger partial charge in [0.1, 0.15) is 17.2 Å². The van der Waals surface area contributed by atoms with Crippen molar-refractivity contribution in [1.29, 1.82) is 0 Å². The number of rotatable bonds is 6. The lowest BCUT2D eigenvalue weighted by atomic mass is 10.1. The SMILES string of the molecule is COc1ccc(-c2cc(C(=O)Nc3ccc(N4CCOCC4)cc3)[nH]n2)c(OC)c1. The van der Waals surface area contributed by atoms with Gasteiger partial charge < -0.3 is 24.4 Å². The quantitative estimate of drug-likeness (QED) is 0.651. The van der Waals surface area contributed by atoms with Crippen LogP contribution >= 0.6 is 0 Å². The number of anilines is 2. The summed E-state index contributed by atoms with van der Waals surface area (Å²) in [5.41, 5.74) is 3.58. The Morgan fingerprint density at radius 1 is 1.07 bits per heavy atom. The minimum Gasteiger partial charge on any atom is -0.497 e. The molecule has 0 unspecified atom stereocenters. The maximum atomic E-state index is 12.6. The number of hydrogen-bond acceptors (Lipinski definition) is 6. The van der Waals surface area contributed by atoms with Gasteiger partial charge in [-0.05, 0) is 42.5 Å². The minimum atomic E-state index is -0.264. The highest BCUT2D eigenvalue weighted by Gasteiger charge is 2.15. The summed E-state index contributed by atoms with van der Waals surface area (Å²) in [6.07, 6.45) is 0. The number of nitrogens with one attached hydrogen (secondary N) is 2. The van der Waals surface area contributed by atoms with E-state index in [0.717, 1.165) is 43.2 Å². The zero-order chi connectivity index (χ0) is 20.9. The lowest BCUT2D eigenvalue weighted by Gasteiger charge is -2.28. The van der Waals surface area contributed by atoms with Gasteiger partial charge in [-0.1, -0.05) is 0 Å². The molecule has 1 aromatic heterocycles. The van der Waals surface area contributed by atoms with E-state index in [1.165, 1.54) is 0 Å². The molecule has 2 N–H and O–H groups in total. The molecule has 1 fully saturated rings. The molecule has 2 heterocycles. The zero-order valence-electron chi connectivity index (χ0n) is 17.0. The van der Waals surface area contributed by atoms with Gasteiger partial charge >= 0.3 is 0 Å². The molecule has 1 saturated heterocycles. The molecule has 0 saturated carbocycles. The van der Waals surface area contributed by atoms with Crippen LogP contribution in [0.5, 0.6) is 11.5 Å². The lowest BCUT2D eigenvalue weighted by molar-refractivity contribution is 0.102.